The van der Waals surface area contributed by atoms with Gasteiger partial charge in [-0.3, -0.25) is 0 Å². The third-order valence-electron chi connectivity index (χ3n) is 2.53. The summed E-state index contributed by atoms with van der Waals surface area (Å²) in [6, 6.07) is 0.487. The molecule has 1 unspecified atom stereocenters. The second-order valence-corrected chi connectivity index (χ2v) is 4.51. The van der Waals surface area contributed by atoms with Crippen LogP contribution in [0.4, 0.5) is 0 Å². The van der Waals surface area contributed by atoms with Gasteiger partial charge in [-0.25, -0.2) is 4.98 Å². The zero-order valence-electron chi connectivity index (χ0n) is 10.3. The van der Waals surface area contributed by atoms with Crippen LogP contribution in [0.25, 0.3) is 0 Å². The van der Waals surface area contributed by atoms with Crippen LogP contribution in [0.5, 0.6) is 0 Å². The molecular formula is C12H23N3. The molecule has 1 N–H and O–H groups in total. The molecule has 0 aromatic carbocycles. The molecular weight excluding hydrogens is 186 g/mol. The summed E-state index contributed by atoms with van der Waals surface area (Å²) in [5, 5.41) is 3.48. The average Bonchev–Trinajstić information content (AvgIpc) is 2.64. The van der Waals surface area contributed by atoms with Crippen molar-refractivity contribution in [2.24, 2.45) is 5.92 Å². The summed E-state index contributed by atoms with van der Waals surface area (Å²) >= 11 is 0. The minimum absolute atomic E-state index is 0.487. The lowest BCUT2D eigenvalue weighted by Crippen LogP contribution is -2.27. The highest BCUT2D eigenvalue weighted by Crippen LogP contribution is 2.08. The third kappa shape index (κ3) is 3.67. The fraction of sp³-hybridized carbons (Fsp3) is 0.750. The molecule has 0 fully saturated rings. The van der Waals surface area contributed by atoms with Gasteiger partial charge in [0.1, 0.15) is 5.82 Å². The lowest BCUT2D eigenvalue weighted by Gasteiger charge is -2.17. The summed E-state index contributed by atoms with van der Waals surface area (Å²) in [4.78, 5) is 4.33. The molecule has 1 heterocycles. The zero-order chi connectivity index (χ0) is 11.3. The molecule has 1 aromatic heterocycles. The average molecular weight is 209 g/mol. The molecule has 0 saturated heterocycles. The zero-order valence-corrected chi connectivity index (χ0v) is 10.3. The van der Waals surface area contributed by atoms with Gasteiger partial charge < -0.3 is 9.88 Å². The van der Waals surface area contributed by atoms with Crippen molar-refractivity contribution in [1.29, 1.82) is 0 Å². The molecule has 0 aliphatic carbocycles. The Hall–Kier alpha value is -0.830. The lowest BCUT2D eigenvalue weighted by molar-refractivity contribution is 0.454. The van der Waals surface area contributed by atoms with Crippen molar-refractivity contribution in [2.75, 3.05) is 13.1 Å². The van der Waals surface area contributed by atoms with E-state index in [0.717, 1.165) is 19.5 Å². The van der Waals surface area contributed by atoms with E-state index >= 15 is 0 Å². The Morgan fingerprint density at radius 1 is 1.33 bits per heavy atom. The van der Waals surface area contributed by atoms with Crippen molar-refractivity contribution in [1.82, 2.24) is 14.9 Å². The van der Waals surface area contributed by atoms with Gasteiger partial charge in [0.25, 0.3) is 0 Å². The largest absolute Gasteiger partial charge is 0.331 e. The predicted octanol–water partition coefficient (Wildman–Crippen LogP) is 2.25. The van der Waals surface area contributed by atoms with Crippen LogP contribution >= 0.6 is 0 Å². The van der Waals surface area contributed by atoms with E-state index in [1.807, 2.05) is 6.20 Å². The summed E-state index contributed by atoms with van der Waals surface area (Å²) < 4.78 is 2.26. The molecule has 1 atom stereocenters. The van der Waals surface area contributed by atoms with Crippen molar-refractivity contribution in [3.8, 4) is 0 Å². The molecule has 0 amide bonds. The lowest BCUT2D eigenvalue weighted by atomic mass is 10.2. The van der Waals surface area contributed by atoms with Crippen LogP contribution in [0.1, 0.15) is 39.6 Å². The molecule has 0 saturated carbocycles. The van der Waals surface area contributed by atoms with Gasteiger partial charge in [0.2, 0.25) is 0 Å². The molecule has 0 aliphatic rings. The SMILES string of the molecule is CCc1nccn1C(C)CNCC(C)C. The predicted molar refractivity (Wildman–Crippen MR) is 64.0 cm³/mol. The first-order valence-electron chi connectivity index (χ1n) is 5.87. The van der Waals surface area contributed by atoms with E-state index in [9.17, 15) is 0 Å². The first kappa shape index (κ1) is 12.2. The summed E-state index contributed by atoms with van der Waals surface area (Å²) in [5.41, 5.74) is 0. The summed E-state index contributed by atoms with van der Waals surface area (Å²) in [5.74, 6) is 1.89. The topological polar surface area (TPSA) is 29.9 Å². The highest BCUT2D eigenvalue weighted by molar-refractivity contribution is 4.94. The van der Waals surface area contributed by atoms with Gasteiger partial charge in [-0.2, -0.15) is 0 Å². The van der Waals surface area contributed by atoms with Crippen molar-refractivity contribution in [2.45, 2.75) is 40.2 Å². The Morgan fingerprint density at radius 2 is 2.07 bits per heavy atom. The van der Waals surface area contributed by atoms with Crippen LogP contribution in [0.2, 0.25) is 0 Å². The molecule has 1 aromatic rings. The Kier molecular flexibility index (Phi) is 4.82. The molecule has 86 valence electrons. The fourth-order valence-electron chi connectivity index (χ4n) is 1.70. The van der Waals surface area contributed by atoms with Crippen LogP contribution < -0.4 is 5.32 Å². The smallest absolute Gasteiger partial charge is 0.108 e. The van der Waals surface area contributed by atoms with Gasteiger partial charge in [-0.1, -0.05) is 20.8 Å². The van der Waals surface area contributed by atoms with E-state index in [4.69, 9.17) is 0 Å². The highest BCUT2D eigenvalue weighted by atomic mass is 15.1. The van der Waals surface area contributed by atoms with Gasteiger partial charge in [-0.05, 0) is 19.4 Å². The number of rotatable bonds is 6. The van der Waals surface area contributed by atoms with Gasteiger partial charge in [-0.15, -0.1) is 0 Å². The van der Waals surface area contributed by atoms with E-state index < -0.39 is 0 Å². The Balaban J connectivity index is 2.43. The summed E-state index contributed by atoms with van der Waals surface area (Å²) in [6.45, 7) is 10.9. The summed E-state index contributed by atoms with van der Waals surface area (Å²) in [6.07, 6.45) is 4.96. The number of hydrogen-bond acceptors (Lipinski definition) is 2. The molecule has 0 spiro atoms. The Morgan fingerprint density at radius 3 is 2.67 bits per heavy atom. The molecule has 3 heteroatoms. The minimum atomic E-state index is 0.487. The molecule has 0 radical (unpaired) electrons. The second kappa shape index (κ2) is 5.91. The molecule has 0 aliphatic heterocycles. The van der Waals surface area contributed by atoms with Crippen LogP contribution in [0, 0.1) is 5.92 Å². The monoisotopic (exact) mass is 209 g/mol. The number of nitrogens with one attached hydrogen (secondary N) is 1. The quantitative estimate of drug-likeness (QED) is 0.779. The molecule has 0 bridgehead atoms. The van der Waals surface area contributed by atoms with Gasteiger partial charge in [0, 0.05) is 31.4 Å². The van der Waals surface area contributed by atoms with Crippen LogP contribution in [-0.4, -0.2) is 22.6 Å². The van der Waals surface area contributed by atoms with E-state index in [1.54, 1.807) is 0 Å². The maximum atomic E-state index is 4.33. The Labute approximate surface area is 92.9 Å². The maximum Gasteiger partial charge on any atom is 0.108 e. The third-order valence-corrected chi connectivity index (χ3v) is 2.53. The Bertz CT molecular complexity index is 278. The fourth-order valence-corrected chi connectivity index (χ4v) is 1.70. The number of aryl methyl sites for hydroxylation is 1. The van der Waals surface area contributed by atoms with Crippen molar-refractivity contribution in [3.63, 3.8) is 0 Å². The van der Waals surface area contributed by atoms with E-state index in [0.29, 0.717) is 12.0 Å². The molecule has 1 rings (SSSR count). The first-order valence-corrected chi connectivity index (χ1v) is 5.87. The van der Waals surface area contributed by atoms with Gasteiger partial charge in [0.15, 0.2) is 0 Å². The van der Waals surface area contributed by atoms with Gasteiger partial charge >= 0.3 is 0 Å². The minimum Gasteiger partial charge on any atom is -0.331 e. The van der Waals surface area contributed by atoms with Crippen molar-refractivity contribution < 1.29 is 0 Å². The first-order chi connectivity index (χ1) is 7.15. The van der Waals surface area contributed by atoms with Crippen LogP contribution in [-0.2, 0) is 6.42 Å². The standard InChI is InChI=1S/C12H23N3/c1-5-12-14-6-7-15(12)11(4)9-13-8-10(2)3/h6-7,10-11,13H,5,8-9H2,1-4H3. The van der Waals surface area contributed by atoms with E-state index in [1.165, 1.54) is 5.82 Å². The molecule has 15 heavy (non-hydrogen) atoms. The second-order valence-electron chi connectivity index (χ2n) is 4.51. The van der Waals surface area contributed by atoms with Crippen molar-refractivity contribution in [3.05, 3.63) is 18.2 Å². The van der Waals surface area contributed by atoms with Crippen molar-refractivity contribution >= 4 is 0 Å². The van der Waals surface area contributed by atoms with Gasteiger partial charge in [0.05, 0.1) is 0 Å². The number of nitrogens with zero attached hydrogens (tertiary/aromatic N) is 2. The van der Waals surface area contributed by atoms with Crippen LogP contribution in [0.15, 0.2) is 12.4 Å². The molecule has 3 nitrogen and oxygen atoms in total. The summed E-state index contributed by atoms with van der Waals surface area (Å²) in [7, 11) is 0. The number of aromatic nitrogens is 2. The maximum absolute atomic E-state index is 4.33. The van der Waals surface area contributed by atoms with E-state index in [-0.39, 0.29) is 0 Å². The highest BCUT2D eigenvalue weighted by Gasteiger charge is 2.07. The van der Waals surface area contributed by atoms with E-state index in [2.05, 4.69) is 48.8 Å². The normalized spacial score (nSPS) is 13.4. The number of imidazole rings is 1. The number of hydrogen-bond donors (Lipinski definition) is 1. The van der Waals surface area contributed by atoms with Crippen LogP contribution in [0.3, 0.4) is 0 Å².